The molecule has 0 radical (unpaired) electrons. The topological polar surface area (TPSA) is 74.2 Å². The highest BCUT2D eigenvalue weighted by Crippen LogP contribution is 2.34. The Morgan fingerprint density at radius 1 is 1.47 bits per heavy atom. The maximum Gasteiger partial charge on any atom is 0.264 e. The minimum atomic E-state index is 0.316. The quantitative estimate of drug-likeness (QED) is 0.858. The van der Waals surface area contributed by atoms with Crippen molar-refractivity contribution < 1.29 is 9.26 Å². The van der Waals surface area contributed by atoms with Gasteiger partial charge >= 0.3 is 0 Å². The molecule has 0 aliphatic heterocycles. The Balaban J connectivity index is 2.21. The normalized spacial score (nSPS) is 15.2. The van der Waals surface area contributed by atoms with Crippen molar-refractivity contribution in [2.24, 2.45) is 0 Å². The van der Waals surface area contributed by atoms with Gasteiger partial charge < -0.3 is 15.0 Å². The molecule has 5 heteroatoms. The molecule has 0 fully saturated rings. The van der Waals surface area contributed by atoms with E-state index in [0.717, 1.165) is 18.5 Å². The summed E-state index contributed by atoms with van der Waals surface area (Å²) >= 11 is 0. The van der Waals surface area contributed by atoms with Gasteiger partial charge in [0.1, 0.15) is 11.1 Å². The number of hydrogen-bond acceptors (Lipinski definition) is 5. The second-order valence-corrected chi connectivity index (χ2v) is 4.08. The molecule has 1 aliphatic rings. The zero-order valence-corrected chi connectivity index (χ0v) is 9.56. The Bertz CT molecular complexity index is 601. The fraction of sp³-hybridized carbons (Fsp3) is 0.333. The van der Waals surface area contributed by atoms with E-state index in [1.165, 1.54) is 12.0 Å². The zero-order valence-electron chi connectivity index (χ0n) is 9.56. The average molecular weight is 231 g/mol. The summed E-state index contributed by atoms with van der Waals surface area (Å²) in [6, 6.07) is 1.90. The summed E-state index contributed by atoms with van der Waals surface area (Å²) in [5, 5.41) is 4.36. The monoisotopic (exact) mass is 231 g/mol. The third-order valence-corrected chi connectivity index (χ3v) is 3.03. The lowest BCUT2D eigenvalue weighted by Crippen LogP contribution is -1.93. The highest BCUT2D eigenvalue weighted by molar-refractivity contribution is 5.91. The minimum Gasteiger partial charge on any atom is -0.496 e. The van der Waals surface area contributed by atoms with E-state index in [1.54, 1.807) is 7.11 Å². The van der Waals surface area contributed by atoms with Crippen LogP contribution in [0.5, 0.6) is 5.75 Å². The van der Waals surface area contributed by atoms with E-state index in [0.29, 0.717) is 22.7 Å². The standard InChI is InChI=1S/C12H13N3O2/c1-16-9-6-8(7-4-2-3-5-7)14-12-10(9)11(13)15-17-12/h4,6H,2-3,5H2,1H3,(H2,13,15). The molecule has 5 nitrogen and oxygen atoms in total. The van der Waals surface area contributed by atoms with Gasteiger partial charge in [0.2, 0.25) is 0 Å². The Morgan fingerprint density at radius 3 is 3.06 bits per heavy atom. The molecule has 2 heterocycles. The van der Waals surface area contributed by atoms with Gasteiger partial charge in [-0.1, -0.05) is 11.2 Å². The number of hydrogen-bond donors (Lipinski definition) is 1. The van der Waals surface area contributed by atoms with Gasteiger partial charge in [-0.3, -0.25) is 0 Å². The second kappa shape index (κ2) is 3.76. The van der Waals surface area contributed by atoms with E-state index < -0.39 is 0 Å². The fourth-order valence-corrected chi connectivity index (χ4v) is 2.17. The van der Waals surface area contributed by atoms with Crippen LogP contribution in [-0.4, -0.2) is 17.3 Å². The summed E-state index contributed by atoms with van der Waals surface area (Å²) in [6.45, 7) is 0. The number of ether oxygens (including phenoxy) is 1. The number of nitrogens with zero attached hydrogens (tertiary/aromatic N) is 2. The first kappa shape index (κ1) is 10.1. The Labute approximate surface area is 98.2 Å². The van der Waals surface area contributed by atoms with E-state index in [9.17, 15) is 0 Å². The molecular formula is C12H13N3O2. The Morgan fingerprint density at radius 2 is 2.35 bits per heavy atom. The van der Waals surface area contributed by atoms with Crippen LogP contribution < -0.4 is 10.5 Å². The average Bonchev–Trinajstić information content (AvgIpc) is 2.98. The van der Waals surface area contributed by atoms with Crippen molar-refractivity contribution in [3.05, 3.63) is 17.8 Å². The largest absolute Gasteiger partial charge is 0.496 e. The summed E-state index contributed by atoms with van der Waals surface area (Å²) in [6.07, 6.45) is 5.53. The molecule has 3 rings (SSSR count). The van der Waals surface area contributed by atoms with Gasteiger partial charge in [-0.15, -0.1) is 0 Å². The van der Waals surface area contributed by atoms with Crippen LogP contribution in [0.15, 0.2) is 16.7 Å². The number of methoxy groups -OCH3 is 1. The van der Waals surface area contributed by atoms with Crippen LogP contribution in [0.1, 0.15) is 25.0 Å². The number of nitrogen functional groups attached to an aromatic ring is 1. The molecule has 17 heavy (non-hydrogen) atoms. The molecule has 0 saturated heterocycles. The molecule has 0 aromatic carbocycles. The van der Waals surface area contributed by atoms with Crippen molar-refractivity contribution >= 4 is 22.5 Å². The second-order valence-electron chi connectivity index (χ2n) is 4.08. The van der Waals surface area contributed by atoms with Crippen molar-refractivity contribution in [2.75, 3.05) is 12.8 Å². The van der Waals surface area contributed by atoms with Crippen LogP contribution in [0.3, 0.4) is 0 Å². The highest BCUT2D eigenvalue weighted by Gasteiger charge is 2.17. The maximum absolute atomic E-state index is 5.72. The van der Waals surface area contributed by atoms with E-state index in [2.05, 4.69) is 16.2 Å². The minimum absolute atomic E-state index is 0.316. The van der Waals surface area contributed by atoms with Crippen molar-refractivity contribution in [3.8, 4) is 5.75 Å². The number of aromatic nitrogens is 2. The molecule has 2 N–H and O–H groups in total. The van der Waals surface area contributed by atoms with Crippen molar-refractivity contribution in [1.82, 2.24) is 10.1 Å². The third kappa shape index (κ3) is 1.54. The number of pyridine rings is 1. The van der Waals surface area contributed by atoms with Gasteiger partial charge in [0.15, 0.2) is 5.82 Å². The number of rotatable bonds is 2. The van der Waals surface area contributed by atoms with Crippen molar-refractivity contribution in [1.29, 1.82) is 0 Å². The van der Waals surface area contributed by atoms with E-state index in [1.807, 2.05) is 6.07 Å². The van der Waals surface area contributed by atoms with Gasteiger partial charge in [-0.05, 0) is 24.8 Å². The number of nitrogens with two attached hydrogens (primary N) is 1. The van der Waals surface area contributed by atoms with Gasteiger partial charge in [0.05, 0.1) is 12.8 Å². The molecule has 0 spiro atoms. The molecule has 88 valence electrons. The molecule has 1 aliphatic carbocycles. The zero-order chi connectivity index (χ0) is 11.8. The molecule has 0 unspecified atom stereocenters. The first-order valence-electron chi connectivity index (χ1n) is 5.59. The first-order valence-corrected chi connectivity index (χ1v) is 5.59. The van der Waals surface area contributed by atoms with Crippen LogP contribution in [-0.2, 0) is 0 Å². The summed E-state index contributed by atoms with van der Waals surface area (Å²) in [5.74, 6) is 0.979. The molecule has 2 aromatic heterocycles. The molecule has 0 bridgehead atoms. The molecular weight excluding hydrogens is 218 g/mol. The van der Waals surface area contributed by atoms with Gasteiger partial charge in [-0.25, -0.2) is 4.98 Å². The predicted octanol–water partition coefficient (Wildman–Crippen LogP) is 2.38. The predicted molar refractivity (Wildman–Crippen MR) is 64.6 cm³/mol. The molecule has 0 atom stereocenters. The lowest BCUT2D eigenvalue weighted by molar-refractivity contribution is 0.418. The molecule has 2 aromatic rings. The van der Waals surface area contributed by atoms with Gasteiger partial charge in [-0.2, -0.15) is 0 Å². The molecule has 0 amide bonds. The van der Waals surface area contributed by atoms with Crippen LogP contribution in [0, 0.1) is 0 Å². The summed E-state index contributed by atoms with van der Waals surface area (Å²) in [7, 11) is 1.61. The summed E-state index contributed by atoms with van der Waals surface area (Å²) < 4.78 is 10.4. The van der Waals surface area contributed by atoms with Crippen molar-refractivity contribution in [2.45, 2.75) is 19.3 Å². The van der Waals surface area contributed by atoms with Gasteiger partial charge in [0, 0.05) is 6.07 Å². The first-order chi connectivity index (χ1) is 8.29. The summed E-state index contributed by atoms with van der Waals surface area (Å²) in [5.41, 5.74) is 8.28. The number of anilines is 1. The fourth-order valence-electron chi connectivity index (χ4n) is 2.17. The number of fused-ring (bicyclic) bond motifs is 1. The Kier molecular flexibility index (Phi) is 2.24. The SMILES string of the molecule is COc1cc(C2=CCCC2)nc2onc(N)c12. The van der Waals surface area contributed by atoms with Gasteiger partial charge in [0.25, 0.3) is 5.71 Å². The lowest BCUT2D eigenvalue weighted by Gasteiger charge is -2.05. The van der Waals surface area contributed by atoms with Crippen LogP contribution in [0.25, 0.3) is 16.7 Å². The Hall–Kier alpha value is -2.04. The maximum atomic E-state index is 5.72. The smallest absolute Gasteiger partial charge is 0.264 e. The lowest BCUT2D eigenvalue weighted by atomic mass is 10.1. The number of allylic oxidation sites excluding steroid dienone is 2. The molecule has 0 saturated carbocycles. The third-order valence-electron chi connectivity index (χ3n) is 3.03. The highest BCUT2D eigenvalue weighted by atomic mass is 16.5. The van der Waals surface area contributed by atoms with Crippen LogP contribution in [0.2, 0.25) is 0 Å². The van der Waals surface area contributed by atoms with E-state index >= 15 is 0 Å². The van der Waals surface area contributed by atoms with Crippen molar-refractivity contribution in [3.63, 3.8) is 0 Å². The van der Waals surface area contributed by atoms with Crippen LogP contribution in [0.4, 0.5) is 5.82 Å². The van der Waals surface area contributed by atoms with E-state index in [-0.39, 0.29) is 0 Å². The van der Waals surface area contributed by atoms with E-state index in [4.69, 9.17) is 15.0 Å². The summed E-state index contributed by atoms with van der Waals surface area (Å²) in [4.78, 5) is 4.43. The van der Waals surface area contributed by atoms with Crippen LogP contribution >= 0.6 is 0 Å².